The SMILES string of the molecule is O=C1C2=Cc3ccc(Br)cc3OC2=NCN1c1ccc2[nH]c(=S)[nH]c2c1. The molecule has 0 bridgehead atoms. The Kier molecular flexibility index (Phi) is 3.38. The number of rotatable bonds is 1. The van der Waals surface area contributed by atoms with Crippen molar-refractivity contribution in [3.8, 4) is 5.75 Å². The van der Waals surface area contributed by atoms with Crippen LogP contribution in [-0.4, -0.2) is 28.4 Å². The van der Waals surface area contributed by atoms with Crippen molar-refractivity contribution >= 4 is 62.7 Å². The molecule has 6 nitrogen and oxygen atoms in total. The van der Waals surface area contributed by atoms with E-state index in [4.69, 9.17) is 17.0 Å². The number of H-pyrrole nitrogens is 2. The number of aromatic amines is 2. The molecule has 3 heterocycles. The highest BCUT2D eigenvalue weighted by molar-refractivity contribution is 9.10. The van der Waals surface area contributed by atoms with E-state index < -0.39 is 0 Å². The third-order valence-electron chi connectivity index (χ3n) is 4.36. The Labute approximate surface area is 161 Å². The topological polar surface area (TPSA) is 73.5 Å². The molecule has 2 N–H and O–H groups in total. The van der Waals surface area contributed by atoms with Gasteiger partial charge in [0.05, 0.1) is 11.0 Å². The van der Waals surface area contributed by atoms with Crippen molar-refractivity contribution in [2.45, 2.75) is 0 Å². The minimum atomic E-state index is -0.142. The highest BCUT2D eigenvalue weighted by Gasteiger charge is 2.32. The molecule has 0 saturated carbocycles. The molecule has 0 unspecified atom stereocenters. The molecule has 2 aliphatic rings. The minimum Gasteiger partial charge on any atom is -0.438 e. The number of benzene rings is 2. The summed E-state index contributed by atoms with van der Waals surface area (Å²) in [6.07, 6.45) is 1.82. The van der Waals surface area contributed by atoms with Crippen molar-refractivity contribution in [1.29, 1.82) is 0 Å². The number of aromatic nitrogens is 2. The summed E-state index contributed by atoms with van der Waals surface area (Å²) in [5, 5.41) is 0. The normalized spacial score (nSPS) is 15.9. The lowest BCUT2D eigenvalue weighted by molar-refractivity contribution is -0.114. The van der Waals surface area contributed by atoms with E-state index in [2.05, 4.69) is 30.9 Å². The van der Waals surface area contributed by atoms with Crippen LogP contribution in [0.2, 0.25) is 0 Å². The smallest absolute Gasteiger partial charge is 0.265 e. The maximum atomic E-state index is 13.0. The van der Waals surface area contributed by atoms with E-state index in [-0.39, 0.29) is 12.6 Å². The van der Waals surface area contributed by atoms with Crippen LogP contribution in [0.1, 0.15) is 5.56 Å². The van der Waals surface area contributed by atoms with Crippen molar-refractivity contribution in [3.05, 3.63) is 56.8 Å². The number of fused-ring (bicyclic) bond motifs is 3. The van der Waals surface area contributed by atoms with E-state index in [1.807, 2.05) is 42.5 Å². The van der Waals surface area contributed by atoms with Gasteiger partial charge in [0.15, 0.2) is 4.77 Å². The summed E-state index contributed by atoms with van der Waals surface area (Å²) in [6.45, 7) is 0.200. The van der Waals surface area contributed by atoms with Crippen LogP contribution in [0.5, 0.6) is 5.75 Å². The Hall–Kier alpha value is -2.71. The Bertz CT molecular complexity index is 1210. The molecule has 0 radical (unpaired) electrons. The number of nitrogens with one attached hydrogen (secondary N) is 2. The van der Waals surface area contributed by atoms with Crippen LogP contribution in [-0.2, 0) is 4.79 Å². The van der Waals surface area contributed by atoms with Gasteiger partial charge in [-0.2, -0.15) is 0 Å². The molecule has 1 aromatic heterocycles. The Balaban J connectivity index is 1.57. The minimum absolute atomic E-state index is 0.142. The molecule has 3 aromatic rings. The molecule has 128 valence electrons. The van der Waals surface area contributed by atoms with Crippen LogP contribution in [0.4, 0.5) is 5.69 Å². The zero-order valence-electron chi connectivity index (χ0n) is 13.2. The molecular weight excluding hydrogens is 416 g/mol. The fourth-order valence-electron chi connectivity index (χ4n) is 3.09. The third kappa shape index (κ3) is 2.41. The Morgan fingerprint density at radius 3 is 2.88 bits per heavy atom. The second kappa shape index (κ2) is 5.65. The lowest BCUT2D eigenvalue weighted by atomic mass is 10.0. The van der Waals surface area contributed by atoms with E-state index in [0.717, 1.165) is 26.8 Å². The molecule has 0 saturated heterocycles. The van der Waals surface area contributed by atoms with Gasteiger partial charge in [-0.3, -0.25) is 9.69 Å². The summed E-state index contributed by atoms with van der Waals surface area (Å²) >= 11 is 8.54. The monoisotopic (exact) mass is 426 g/mol. The number of amides is 1. The number of carbonyl (C=O) groups excluding carboxylic acids is 1. The van der Waals surface area contributed by atoms with Crippen LogP contribution >= 0.6 is 28.1 Å². The Morgan fingerprint density at radius 2 is 2.00 bits per heavy atom. The van der Waals surface area contributed by atoms with Gasteiger partial charge in [-0.15, -0.1) is 0 Å². The number of halogens is 1. The number of hydrogen-bond donors (Lipinski definition) is 2. The number of carbonyl (C=O) groups is 1. The maximum absolute atomic E-state index is 13.0. The van der Waals surface area contributed by atoms with Gasteiger partial charge in [-0.25, -0.2) is 4.99 Å². The number of imidazole rings is 1. The van der Waals surface area contributed by atoms with E-state index >= 15 is 0 Å². The fourth-order valence-corrected chi connectivity index (χ4v) is 3.65. The first-order chi connectivity index (χ1) is 12.6. The van der Waals surface area contributed by atoms with Crippen molar-refractivity contribution in [1.82, 2.24) is 9.97 Å². The first-order valence-electron chi connectivity index (χ1n) is 7.86. The van der Waals surface area contributed by atoms with Crippen molar-refractivity contribution in [2.75, 3.05) is 11.6 Å². The van der Waals surface area contributed by atoms with Crippen molar-refractivity contribution < 1.29 is 9.53 Å². The standard InChI is InChI=1S/C18H11BrN4O2S/c19-10-2-1-9-5-12-16(25-15(9)6-10)20-8-23(17(12)24)11-3-4-13-14(7-11)22-18(26)21-13/h1-7H,8H2,(H2,21,22,26). The molecule has 0 atom stereocenters. The lowest BCUT2D eigenvalue weighted by Crippen LogP contribution is -2.41. The maximum Gasteiger partial charge on any atom is 0.265 e. The van der Waals surface area contributed by atoms with Gasteiger partial charge in [0.2, 0.25) is 5.90 Å². The molecule has 2 aromatic carbocycles. The largest absolute Gasteiger partial charge is 0.438 e. The molecule has 0 fully saturated rings. The molecule has 2 aliphatic heterocycles. The van der Waals surface area contributed by atoms with Gasteiger partial charge in [-0.05, 0) is 48.6 Å². The number of aliphatic imine (C=N–C) groups is 1. The van der Waals surface area contributed by atoms with Gasteiger partial charge in [0, 0.05) is 15.7 Å². The number of nitrogens with zero attached hydrogens (tertiary/aromatic N) is 2. The number of ether oxygens (including phenoxy) is 1. The molecular formula is C18H11BrN4O2S. The van der Waals surface area contributed by atoms with Crippen LogP contribution in [0.15, 0.2) is 51.4 Å². The average molecular weight is 427 g/mol. The summed E-state index contributed by atoms with van der Waals surface area (Å²) < 4.78 is 7.29. The molecule has 0 aliphatic carbocycles. The molecule has 1 amide bonds. The first kappa shape index (κ1) is 15.5. The van der Waals surface area contributed by atoms with Crippen LogP contribution < -0.4 is 9.64 Å². The second-order valence-corrected chi connectivity index (χ2v) is 7.31. The quantitative estimate of drug-likeness (QED) is 0.573. The summed E-state index contributed by atoms with van der Waals surface area (Å²) in [6, 6.07) is 11.3. The Morgan fingerprint density at radius 1 is 1.15 bits per heavy atom. The molecule has 0 spiro atoms. The van der Waals surface area contributed by atoms with E-state index in [1.54, 1.807) is 4.90 Å². The predicted octanol–water partition coefficient (Wildman–Crippen LogP) is 4.17. The van der Waals surface area contributed by atoms with E-state index in [0.29, 0.717) is 22.0 Å². The molecule has 5 rings (SSSR count). The average Bonchev–Trinajstić information content (AvgIpc) is 3.00. The van der Waals surface area contributed by atoms with Gasteiger partial charge in [0.25, 0.3) is 5.91 Å². The summed E-state index contributed by atoms with van der Waals surface area (Å²) in [5.74, 6) is 0.903. The van der Waals surface area contributed by atoms with Gasteiger partial charge in [-0.1, -0.05) is 22.0 Å². The van der Waals surface area contributed by atoms with E-state index in [9.17, 15) is 4.79 Å². The van der Waals surface area contributed by atoms with Crippen LogP contribution in [0.3, 0.4) is 0 Å². The zero-order chi connectivity index (χ0) is 17.8. The van der Waals surface area contributed by atoms with Gasteiger partial charge < -0.3 is 14.7 Å². The molecule has 8 heteroatoms. The zero-order valence-corrected chi connectivity index (χ0v) is 15.6. The van der Waals surface area contributed by atoms with Gasteiger partial charge >= 0.3 is 0 Å². The highest BCUT2D eigenvalue weighted by atomic mass is 79.9. The fraction of sp³-hybridized carbons (Fsp3) is 0.0556. The summed E-state index contributed by atoms with van der Waals surface area (Å²) in [7, 11) is 0. The number of hydrogen-bond acceptors (Lipinski definition) is 4. The highest BCUT2D eigenvalue weighted by Crippen LogP contribution is 2.33. The van der Waals surface area contributed by atoms with Gasteiger partial charge in [0.1, 0.15) is 18.0 Å². The lowest BCUT2D eigenvalue weighted by Gasteiger charge is -2.29. The predicted molar refractivity (Wildman–Crippen MR) is 106 cm³/mol. The molecule has 26 heavy (non-hydrogen) atoms. The summed E-state index contributed by atoms with van der Waals surface area (Å²) in [4.78, 5) is 25.2. The first-order valence-corrected chi connectivity index (χ1v) is 9.06. The summed E-state index contributed by atoms with van der Waals surface area (Å²) in [5.41, 5.74) is 3.79. The van der Waals surface area contributed by atoms with Crippen LogP contribution in [0.25, 0.3) is 17.1 Å². The second-order valence-electron chi connectivity index (χ2n) is 5.99. The van der Waals surface area contributed by atoms with Crippen molar-refractivity contribution in [3.63, 3.8) is 0 Å². The number of anilines is 1. The van der Waals surface area contributed by atoms with Crippen molar-refractivity contribution in [2.24, 2.45) is 4.99 Å². The van der Waals surface area contributed by atoms with E-state index in [1.165, 1.54) is 0 Å². The van der Waals surface area contributed by atoms with Crippen LogP contribution in [0, 0.1) is 4.77 Å². The third-order valence-corrected chi connectivity index (χ3v) is 5.05.